The van der Waals surface area contributed by atoms with E-state index in [0.717, 1.165) is 29.7 Å². The second-order valence-corrected chi connectivity index (χ2v) is 10.8. The van der Waals surface area contributed by atoms with Crippen LogP contribution < -0.4 is 5.32 Å². The van der Waals surface area contributed by atoms with Gasteiger partial charge in [0.2, 0.25) is 11.8 Å². The molecule has 0 aliphatic rings. The number of rotatable bonds is 14. The largest absolute Gasteiger partial charge is 0.354 e. The van der Waals surface area contributed by atoms with Crippen LogP contribution in [0.4, 0.5) is 0 Å². The second kappa shape index (κ2) is 15.7. The minimum absolute atomic E-state index is 0.0572. The first-order valence-corrected chi connectivity index (χ1v) is 14.6. The molecule has 1 atom stereocenters. The van der Waals surface area contributed by atoms with Crippen LogP contribution in [0.15, 0.2) is 78.9 Å². The van der Waals surface area contributed by atoms with Crippen molar-refractivity contribution in [2.75, 3.05) is 12.3 Å². The number of carbonyl (C=O) groups is 2. The third kappa shape index (κ3) is 9.73. The van der Waals surface area contributed by atoms with Crippen LogP contribution in [0.5, 0.6) is 0 Å². The van der Waals surface area contributed by atoms with Crippen molar-refractivity contribution < 1.29 is 9.59 Å². The van der Waals surface area contributed by atoms with Crippen molar-refractivity contribution in [2.45, 2.75) is 50.9 Å². The van der Waals surface area contributed by atoms with Crippen molar-refractivity contribution in [3.8, 4) is 0 Å². The van der Waals surface area contributed by atoms with Crippen LogP contribution >= 0.6 is 35.0 Å². The maximum atomic E-state index is 13.7. The zero-order valence-electron chi connectivity index (χ0n) is 21.2. The van der Waals surface area contributed by atoms with E-state index in [1.54, 1.807) is 28.8 Å². The first-order chi connectivity index (χ1) is 18.0. The van der Waals surface area contributed by atoms with Gasteiger partial charge in [0.15, 0.2) is 0 Å². The van der Waals surface area contributed by atoms with E-state index in [4.69, 9.17) is 23.2 Å². The van der Waals surface area contributed by atoms with Crippen molar-refractivity contribution in [1.82, 2.24) is 10.2 Å². The van der Waals surface area contributed by atoms with E-state index < -0.39 is 6.04 Å². The molecule has 196 valence electrons. The number of nitrogens with one attached hydrogen (secondary N) is 1. The van der Waals surface area contributed by atoms with Crippen molar-refractivity contribution >= 4 is 46.8 Å². The summed E-state index contributed by atoms with van der Waals surface area (Å²) in [5.74, 6) is 1.31. The Kier molecular flexibility index (Phi) is 12.3. The molecule has 0 saturated carbocycles. The molecule has 0 heterocycles. The SMILES string of the molecule is CCCCNC(=O)C(Cc1ccccc1)N(Cc1ccc(Cl)c(Cl)c1)C(=O)CCSCc1ccccc1. The fourth-order valence-electron chi connectivity index (χ4n) is 3.96. The second-order valence-electron chi connectivity index (χ2n) is 8.91. The molecule has 0 aromatic heterocycles. The lowest BCUT2D eigenvalue weighted by Crippen LogP contribution is -2.50. The third-order valence-electron chi connectivity index (χ3n) is 6.01. The summed E-state index contributed by atoms with van der Waals surface area (Å²) < 4.78 is 0. The average molecular weight is 558 g/mol. The normalized spacial score (nSPS) is 11.6. The average Bonchev–Trinajstić information content (AvgIpc) is 2.91. The van der Waals surface area contributed by atoms with E-state index >= 15 is 0 Å². The van der Waals surface area contributed by atoms with Gasteiger partial charge < -0.3 is 10.2 Å². The lowest BCUT2D eigenvalue weighted by molar-refractivity contribution is -0.141. The van der Waals surface area contributed by atoms with Crippen molar-refractivity contribution in [3.05, 3.63) is 106 Å². The predicted molar refractivity (Wildman–Crippen MR) is 156 cm³/mol. The molecule has 2 amide bonds. The lowest BCUT2D eigenvalue weighted by atomic mass is 10.0. The van der Waals surface area contributed by atoms with Crippen LogP contribution in [-0.2, 0) is 28.3 Å². The highest BCUT2D eigenvalue weighted by atomic mass is 35.5. The van der Waals surface area contributed by atoms with E-state index in [1.807, 2.05) is 54.6 Å². The molecule has 37 heavy (non-hydrogen) atoms. The van der Waals surface area contributed by atoms with Crippen LogP contribution in [0, 0.1) is 0 Å². The Balaban J connectivity index is 1.80. The molecule has 3 aromatic rings. The number of halogens is 2. The number of benzene rings is 3. The molecule has 0 saturated heterocycles. The maximum absolute atomic E-state index is 13.7. The highest BCUT2D eigenvalue weighted by Gasteiger charge is 2.30. The summed E-state index contributed by atoms with van der Waals surface area (Å²) in [4.78, 5) is 28.8. The molecule has 0 aliphatic carbocycles. The molecule has 0 fully saturated rings. The van der Waals surface area contributed by atoms with E-state index in [0.29, 0.717) is 35.2 Å². The highest BCUT2D eigenvalue weighted by molar-refractivity contribution is 7.98. The topological polar surface area (TPSA) is 49.4 Å². The highest BCUT2D eigenvalue weighted by Crippen LogP contribution is 2.25. The molecule has 0 radical (unpaired) electrons. The van der Waals surface area contributed by atoms with Gasteiger partial charge in [-0.25, -0.2) is 0 Å². The number of hydrogen-bond donors (Lipinski definition) is 1. The van der Waals surface area contributed by atoms with Crippen LogP contribution in [0.1, 0.15) is 42.9 Å². The molecule has 0 aliphatic heterocycles. The Morgan fingerprint density at radius 1 is 0.892 bits per heavy atom. The molecule has 3 aromatic carbocycles. The number of amides is 2. The van der Waals surface area contributed by atoms with Gasteiger partial charge in [-0.05, 0) is 35.2 Å². The Hall–Kier alpha value is -2.47. The molecule has 4 nitrogen and oxygen atoms in total. The predicted octanol–water partition coefficient (Wildman–Crippen LogP) is 7.17. The zero-order chi connectivity index (χ0) is 26.5. The number of hydrogen-bond acceptors (Lipinski definition) is 3. The Morgan fingerprint density at radius 3 is 2.22 bits per heavy atom. The fraction of sp³-hybridized carbons (Fsp3) is 0.333. The molecular weight excluding hydrogens is 523 g/mol. The van der Waals surface area contributed by atoms with Gasteiger partial charge in [0.05, 0.1) is 10.0 Å². The summed E-state index contributed by atoms with van der Waals surface area (Å²) in [5, 5.41) is 3.93. The lowest BCUT2D eigenvalue weighted by Gasteiger charge is -2.31. The number of carbonyl (C=O) groups excluding carboxylic acids is 2. The minimum Gasteiger partial charge on any atom is -0.354 e. The number of thioether (sulfide) groups is 1. The van der Waals surface area contributed by atoms with Gasteiger partial charge >= 0.3 is 0 Å². The van der Waals surface area contributed by atoms with E-state index in [-0.39, 0.29) is 18.4 Å². The molecule has 7 heteroatoms. The summed E-state index contributed by atoms with van der Waals surface area (Å²) in [6.45, 7) is 2.95. The third-order valence-corrected chi connectivity index (χ3v) is 7.78. The quantitative estimate of drug-likeness (QED) is 0.214. The van der Waals surface area contributed by atoms with Gasteiger partial charge in [-0.15, -0.1) is 0 Å². The fourth-order valence-corrected chi connectivity index (χ4v) is 5.17. The van der Waals surface area contributed by atoms with E-state index in [2.05, 4.69) is 24.4 Å². The molecule has 3 rings (SSSR count). The minimum atomic E-state index is -0.639. The van der Waals surface area contributed by atoms with Gasteiger partial charge in [-0.3, -0.25) is 9.59 Å². The first-order valence-electron chi connectivity index (χ1n) is 12.6. The Labute approximate surface area is 234 Å². The van der Waals surface area contributed by atoms with Crippen molar-refractivity contribution in [2.24, 2.45) is 0 Å². The van der Waals surface area contributed by atoms with Crippen LogP contribution in [-0.4, -0.2) is 35.1 Å². The Morgan fingerprint density at radius 2 is 1.57 bits per heavy atom. The number of nitrogens with zero attached hydrogens (tertiary/aromatic N) is 1. The van der Waals surface area contributed by atoms with Gasteiger partial charge in [0.1, 0.15) is 6.04 Å². The van der Waals surface area contributed by atoms with E-state index in [9.17, 15) is 9.59 Å². The summed E-state index contributed by atoms with van der Waals surface area (Å²) in [6, 6.07) is 24.7. The molecule has 0 spiro atoms. The summed E-state index contributed by atoms with van der Waals surface area (Å²) in [7, 11) is 0. The monoisotopic (exact) mass is 556 g/mol. The van der Waals surface area contributed by atoms with Gasteiger partial charge in [0, 0.05) is 37.4 Å². The van der Waals surface area contributed by atoms with Gasteiger partial charge in [-0.2, -0.15) is 11.8 Å². The van der Waals surface area contributed by atoms with Crippen molar-refractivity contribution in [3.63, 3.8) is 0 Å². The zero-order valence-corrected chi connectivity index (χ0v) is 23.5. The van der Waals surface area contributed by atoms with Gasteiger partial charge in [0.25, 0.3) is 0 Å². The van der Waals surface area contributed by atoms with Crippen LogP contribution in [0.3, 0.4) is 0 Å². The summed E-state index contributed by atoms with van der Waals surface area (Å²) in [6.07, 6.45) is 2.64. The Bertz CT molecular complexity index is 1130. The van der Waals surface area contributed by atoms with Crippen LogP contribution in [0.2, 0.25) is 10.0 Å². The van der Waals surface area contributed by atoms with Gasteiger partial charge in [-0.1, -0.05) is 103 Å². The molecule has 1 N–H and O–H groups in total. The molecule has 1 unspecified atom stereocenters. The first kappa shape index (κ1) is 29.1. The van der Waals surface area contributed by atoms with Crippen LogP contribution in [0.25, 0.3) is 0 Å². The molecule has 0 bridgehead atoms. The summed E-state index contributed by atoms with van der Waals surface area (Å²) in [5.41, 5.74) is 3.06. The smallest absolute Gasteiger partial charge is 0.243 e. The van der Waals surface area contributed by atoms with Crippen molar-refractivity contribution in [1.29, 1.82) is 0 Å². The van der Waals surface area contributed by atoms with E-state index in [1.165, 1.54) is 5.56 Å². The maximum Gasteiger partial charge on any atom is 0.243 e. The summed E-state index contributed by atoms with van der Waals surface area (Å²) >= 11 is 14.1. The number of unbranched alkanes of at least 4 members (excludes halogenated alkanes) is 1. The molecular formula is C30H34Cl2N2O2S. The standard InChI is InChI=1S/C30H34Cl2N2O2S/c1-2-3-17-33-30(36)28(20-23-10-6-4-7-11-23)34(21-25-14-15-26(31)27(32)19-25)29(35)16-18-37-22-24-12-8-5-9-13-24/h4-15,19,28H,2-3,16-18,20-22H2,1H3,(H,33,36).